The lowest BCUT2D eigenvalue weighted by Crippen LogP contribution is -2.56. The Balaban J connectivity index is 1.75. The van der Waals surface area contributed by atoms with Gasteiger partial charge in [0.2, 0.25) is 6.79 Å². The fourth-order valence-electron chi connectivity index (χ4n) is 4.93. The lowest BCUT2D eigenvalue weighted by molar-refractivity contribution is -0.186. The van der Waals surface area contributed by atoms with Crippen LogP contribution in [-0.2, 0) is 23.9 Å². The van der Waals surface area contributed by atoms with Gasteiger partial charge in [0, 0.05) is 6.42 Å². The number of carbonyl (C=O) groups is 2. The van der Waals surface area contributed by atoms with E-state index in [1.165, 1.54) is 14.2 Å². The molecule has 2 atom stereocenters. The number of hydrogen-bond donors (Lipinski definition) is 0. The molecular weight excluding hydrogens is 462 g/mol. The fraction of sp³-hybridized carbons (Fsp3) is 0.286. The number of rotatable bonds is 5. The van der Waals surface area contributed by atoms with Crippen molar-refractivity contribution < 1.29 is 33.4 Å². The summed E-state index contributed by atoms with van der Waals surface area (Å²) in [6.45, 7) is 2.08. The molecule has 186 valence electrons. The van der Waals surface area contributed by atoms with Crippen LogP contribution in [0.2, 0.25) is 0 Å². The highest BCUT2D eigenvalue weighted by molar-refractivity contribution is 6.02. The van der Waals surface area contributed by atoms with Gasteiger partial charge in [-0.1, -0.05) is 54.1 Å². The second-order valence-electron chi connectivity index (χ2n) is 8.84. The van der Waals surface area contributed by atoms with Crippen molar-refractivity contribution in [3.05, 3.63) is 89.5 Å². The normalized spacial score (nSPS) is 20.0. The van der Waals surface area contributed by atoms with Crippen molar-refractivity contribution in [1.82, 2.24) is 0 Å². The summed E-state index contributed by atoms with van der Waals surface area (Å²) < 4.78 is 21.6. The first-order valence-electron chi connectivity index (χ1n) is 11.6. The number of aryl methyl sites for hydroxylation is 1. The summed E-state index contributed by atoms with van der Waals surface area (Å²) in [7, 11) is 2.54. The van der Waals surface area contributed by atoms with E-state index in [4.69, 9.17) is 23.8 Å². The predicted octanol–water partition coefficient (Wildman–Crippen LogP) is 4.68. The smallest absolute Gasteiger partial charge is 0.325 e. The minimum atomic E-state index is -1.75. The van der Waals surface area contributed by atoms with Crippen LogP contribution in [0.3, 0.4) is 0 Å². The second kappa shape index (κ2) is 9.54. The SMILES string of the molecule is COC(=O)C1(C(=O)OC)CC(c2ccccc2)ON(c2ccc(C)cc2)C1c1ccc2c(c1)OCO2. The second-order valence-corrected chi connectivity index (χ2v) is 8.84. The fourth-order valence-corrected chi connectivity index (χ4v) is 4.93. The maximum atomic E-state index is 13.7. The Bertz CT molecular complexity index is 1240. The molecule has 0 spiro atoms. The van der Waals surface area contributed by atoms with Crippen molar-refractivity contribution in [3.63, 3.8) is 0 Å². The van der Waals surface area contributed by atoms with Gasteiger partial charge in [-0.2, -0.15) is 0 Å². The molecule has 0 bridgehead atoms. The molecule has 2 aliphatic heterocycles. The van der Waals surface area contributed by atoms with Crippen LogP contribution in [0, 0.1) is 12.3 Å². The molecule has 0 saturated carbocycles. The maximum Gasteiger partial charge on any atom is 0.325 e. The molecular formula is C28H27NO7. The monoisotopic (exact) mass is 489 g/mol. The predicted molar refractivity (Wildman–Crippen MR) is 130 cm³/mol. The van der Waals surface area contributed by atoms with Gasteiger partial charge >= 0.3 is 11.9 Å². The molecule has 2 heterocycles. The number of anilines is 1. The van der Waals surface area contributed by atoms with Gasteiger partial charge in [-0.15, -0.1) is 0 Å². The van der Waals surface area contributed by atoms with Crippen molar-refractivity contribution in [3.8, 4) is 11.5 Å². The zero-order valence-electron chi connectivity index (χ0n) is 20.3. The molecule has 5 rings (SSSR count). The molecule has 2 unspecified atom stereocenters. The van der Waals surface area contributed by atoms with Gasteiger partial charge in [-0.3, -0.25) is 14.4 Å². The first-order chi connectivity index (χ1) is 17.5. The topological polar surface area (TPSA) is 83.5 Å². The highest BCUT2D eigenvalue weighted by Gasteiger charge is 2.62. The molecule has 8 heteroatoms. The lowest BCUT2D eigenvalue weighted by Gasteiger charge is -2.49. The number of fused-ring (bicyclic) bond motifs is 1. The third kappa shape index (κ3) is 3.93. The molecule has 3 aromatic carbocycles. The molecule has 2 aliphatic rings. The van der Waals surface area contributed by atoms with Crippen molar-refractivity contribution in [2.45, 2.75) is 25.5 Å². The van der Waals surface area contributed by atoms with Crippen LogP contribution in [0.4, 0.5) is 5.69 Å². The van der Waals surface area contributed by atoms with Crippen molar-refractivity contribution in [1.29, 1.82) is 0 Å². The van der Waals surface area contributed by atoms with Gasteiger partial charge in [0.25, 0.3) is 0 Å². The van der Waals surface area contributed by atoms with E-state index in [1.807, 2.05) is 61.5 Å². The van der Waals surface area contributed by atoms with Gasteiger partial charge in [0.15, 0.2) is 16.9 Å². The summed E-state index contributed by atoms with van der Waals surface area (Å²) in [6, 6.07) is 21.5. The highest BCUT2D eigenvalue weighted by Crippen LogP contribution is 2.54. The quantitative estimate of drug-likeness (QED) is 0.377. The van der Waals surface area contributed by atoms with Crippen molar-refractivity contribution in [2.24, 2.45) is 5.41 Å². The Kier molecular flexibility index (Phi) is 6.28. The third-order valence-electron chi connectivity index (χ3n) is 6.72. The Morgan fingerprint density at radius 2 is 1.53 bits per heavy atom. The average Bonchev–Trinajstić information content (AvgIpc) is 3.40. The Morgan fingerprint density at radius 1 is 0.861 bits per heavy atom. The van der Waals surface area contributed by atoms with Crippen LogP contribution in [0.5, 0.6) is 11.5 Å². The minimum Gasteiger partial charge on any atom is -0.468 e. The molecule has 0 radical (unpaired) electrons. The van der Waals surface area contributed by atoms with Gasteiger partial charge < -0.3 is 18.9 Å². The number of methoxy groups -OCH3 is 2. The van der Waals surface area contributed by atoms with Crippen LogP contribution in [-0.4, -0.2) is 33.0 Å². The van der Waals surface area contributed by atoms with E-state index in [-0.39, 0.29) is 13.2 Å². The largest absolute Gasteiger partial charge is 0.468 e. The van der Waals surface area contributed by atoms with E-state index in [1.54, 1.807) is 23.3 Å². The highest BCUT2D eigenvalue weighted by atomic mass is 16.7. The zero-order chi connectivity index (χ0) is 25.3. The van der Waals surface area contributed by atoms with Gasteiger partial charge in [-0.05, 0) is 42.3 Å². The summed E-state index contributed by atoms with van der Waals surface area (Å²) in [5, 5.41) is 1.62. The standard InChI is InChI=1S/C28H27NO7/c1-18-9-12-21(13-10-18)29-25(20-11-14-22-23(15-20)35-17-34-22)28(26(30)32-2,27(31)33-3)16-24(36-29)19-7-5-4-6-8-19/h4-15,24-25H,16-17H2,1-3H3. The van der Waals surface area contributed by atoms with Crippen LogP contribution in [0.15, 0.2) is 72.8 Å². The summed E-state index contributed by atoms with van der Waals surface area (Å²) in [6.07, 6.45) is -0.617. The first-order valence-corrected chi connectivity index (χ1v) is 11.6. The Hall–Kier alpha value is -4.04. The maximum absolute atomic E-state index is 13.7. The molecule has 1 fully saturated rings. The number of hydroxylamine groups is 1. The van der Waals surface area contributed by atoms with Gasteiger partial charge in [0.05, 0.1) is 19.9 Å². The number of nitrogens with zero attached hydrogens (tertiary/aromatic N) is 1. The van der Waals surface area contributed by atoms with Crippen LogP contribution in [0.25, 0.3) is 0 Å². The molecule has 0 amide bonds. The molecule has 0 aromatic heterocycles. The van der Waals surface area contributed by atoms with Crippen LogP contribution < -0.4 is 14.5 Å². The van der Waals surface area contributed by atoms with E-state index >= 15 is 0 Å². The molecule has 0 N–H and O–H groups in total. The third-order valence-corrected chi connectivity index (χ3v) is 6.72. The molecule has 36 heavy (non-hydrogen) atoms. The lowest BCUT2D eigenvalue weighted by atomic mass is 9.70. The van der Waals surface area contributed by atoms with E-state index < -0.39 is 29.5 Å². The van der Waals surface area contributed by atoms with Gasteiger partial charge in [0.1, 0.15) is 12.1 Å². The molecule has 8 nitrogen and oxygen atoms in total. The average molecular weight is 490 g/mol. The number of ether oxygens (including phenoxy) is 4. The van der Waals surface area contributed by atoms with E-state index in [0.717, 1.165) is 11.1 Å². The van der Waals surface area contributed by atoms with E-state index in [2.05, 4.69) is 0 Å². The van der Waals surface area contributed by atoms with Crippen molar-refractivity contribution in [2.75, 3.05) is 26.1 Å². The minimum absolute atomic E-state index is 0.0117. The number of esters is 2. The van der Waals surface area contributed by atoms with E-state index in [0.29, 0.717) is 22.7 Å². The molecule has 3 aromatic rings. The van der Waals surface area contributed by atoms with E-state index in [9.17, 15) is 9.59 Å². The number of hydrogen-bond acceptors (Lipinski definition) is 8. The molecule has 0 aliphatic carbocycles. The number of benzene rings is 3. The summed E-state index contributed by atoms with van der Waals surface area (Å²) in [5.74, 6) is -0.317. The zero-order valence-corrected chi connectivity index (χ0v) is 20.3. The first kappa shape index (κ1) is 23.7. The summed E-state index contributed by atoms with van der Waals surface area (Å²) in [4.78, 5) is 33.9. The number of carbonyl (C=O) groups excluding carboxylic acids is 2. The summed E-state index contributed by atoms with van der Waals surface area (Å²) >= 11 is 0. The summed E-state index contributed by atoms with van der Waals surface area (Å²) in [5.41, 5.74) is 1.40. The molecule has 1 saturated heterocycles. The van der Waals surface area contributed by atoms with Gasteiger partial charge in [-0.25, -0.2) is 5.06 Å². The Labute approximate surface area is 209 Å². The van der Waals surface area contributed by atoms with Crippen LogP contribution in [0.1, 0.15) is 35.3 Å². The van der Waals surface area contributed by atoms with Crippen molar-refractivity contribution >= 4 is 17.6 Å². The Morgan fingerprint density at radius 3 is 2.19 bits per heavy atom. The van der Waals surface area contributed by atoms with Crippen LogP contribution >= 0.6 is 0 Å².